The molecule has 9 nitrogen and oxygen atoms in total. The molecule has 182 valence electrons. The van der Waals surface area contributed by atoms with Crippen molar-refractivity contribution in [1.29, 1.82) is 0 Å². The first-order chi connectivity index (χ1) is 16.9. The summed E-state index contributed by atoms with van der Waals surface area (Å²) in [5.41, 5.74) is 3.01. The molecule has 2 aromatic carbocycles. The number of aromatic nitrogens is 5. The van der Waals surface area contributed by atoms with Crippen LogP contribution in [0.5, 0.6) is 17.2 Å². The molecule has 0 N–H and O–H groups in total. The van der Waals surface area contributed by atoms with E-state index in [4.69, 9.17) is 24.3 Å². The van der Waals surface area contributed by atoms with Gasteiger partial charge in [-0.3, -0.25) is 0 Å². The van der Waals surface area contributed by atoms with Gasteiger partial charge in [0.05, 0.1) is 21.3 Å². The molecule has 0 unspecified atom stereocenters. The van der Waals surface area contributed by atoms with E-state index in [2.05, 4.69) is 9.97 Å². The van der Waals surface area contributed by atoms with Gasteiger partial charge in [-0.2, -0.15) is 9.67 Å². The van der Waals surface area contributed by atoms with Crippen LogP contribution >= 0.6 is 0 Å². The van der Waals surface area contributed by atoms with Gasteiger partial charge in [0.25, 0.3) is 0 Å². The number of hydrogen-bond acceptors (Lipinski definition) is 8. The average Bonchev–Trinajstić information content (AvgIpc) is 3.27. The lowest BCUT2D eigenvalue weighted by Crippen LogP contribution is -2.18. The van der Waals surface area contributed by atoms with Crippen LogP contribution < -0.4 is 19.1 Å². The molecule has 0 bridgehead atoms. The SMILES string of the molecule is COc1ccc(CN(C)c2nc(Cc3ccc(OC)c(OC)c3)n(-c3cc(C)nc(C)n3)n2)cc1. The molecule has 35 heavy (non-hydrogen) atoms. The molecular formula is C26H30N6O3. The summed E-state index contributed by atoms with van der Waals surface area (Å²) in [7, 11) is 6.89. The van der Waals surface area contributed by atoms with Crippen molar-refractivity contribution in [2.75, 3.05) is 33.3 Å². The van der Waals surface area contributed by atoms with Crippen LogP contribution in [0, 0.1) is 13.8 Å². The van der Waals surface area contributed by atoms with E-state index in [1.807, 2.05) is 74.3 Å². The van der Waals surface area contributed by atoms with Crippen molar-refractivity contribution in [2.24, 2.45) is 0 Å². The number of hydrogen-bond donors (Lipinski definition) is 0. The Hall–Kier alpha value is -4.14. The Morgan fingerprint density at radius 2 is 1.51 bits per heavy atom. The lowest BCUT2D eigenvalue weighted by molar-refractivity contribution is 0.354. The summed E-state index contributed by atoms with van der Waals surface area (Å²) < 4.78 is 17.9. The van der Waals surface area contributed by atoms with Gasteiger partial charge in [0.1, 0.15) is 17.4 Å². The zero-order chi connectivity index (χ0) is 24.9. The Morgan fingerprint density at radius 3 is 2.17 bits per heavy atom. The summed E-state index contributed by atoms with van der Waals surface area (Å²) in [5.74, 6) is 4.89. The maximum absolute atomic E-state index is 5.48. The fourth-order valence-electron chi connectivity index (χ4n) is 3.85. The number of rotatable bonds is 9. The van der Waals surface area contributed by atoms with Gasteiger partial charge in [-0.1, -0.05) is 18.2 Å². The molecule has 0 aliphatic heterocycles. The lowest BCUT2D eigenvalue weighted by Gasteiger charge is -2.15. The number of nitrogens with zero attached hydrogens (tertiary/aromatic N) is 6. The third-order valence-electron chi connectivity index (χ3n) is 5.56. The van der Waals surface area contributed by atoms with Crippen LogP contribution in [0.3, 0.4) is 0 Å². The summed E-state index contributed by atoms with van der Waals surface area (Å²) in [6.45, 7) is 4.46. The molecule has 0 aliphatic rings. The average molecular weight is 475 g/mol. The number of aryl methyl sites for hydroxylation is 2. The predicted molar refractivity (Wildman–Crippen MR) is 134 cm³/mol. The van der Waals surface area contributed by atoms with E-state index < -0.39 is 0 Å². The van der Waals surface area contributed by atoms with Crippen LogP contribution in [-0.4, -0.2) is 53.1 Å². The van der Waals surface area contributed by atoms with Crippen molar-refractivity contribution < 1.29 is 14.2 Å². The molecule has 0 radical (unpaired) electrons. The van der Waals surface area contributed by atoms with Crippen LogP contribution in [0.4, 0.5) is 5.95 Å². The van der Waals surface area contributed by atoms with E-state index >= 15 is 0 Å². The molecule has 4 rings (SSSR count). The minimum Gasteiger partial charge on any atom is -0.497 e. The Bertz CT molecular complexity index is 1280. The maximum Gasteiger partial charge on any atom is 0.245 e. The maximum atomic E-state index is 5.48. The van der Waals surface area contributed by atoms with E-state index in [-0.39, 0.29) is 0 Å². The van der Waals surface area contributed by atoms with Gasteiger partial charge in [0, 0.05) is 31.8 Å². The smallest absolute Gasteiger partial charge is 0.245 e. The number of ether oxygens (including phenoxy) is 3. The molecule has 0 fully saturated rings. The topological polar surface area (TPSA) is 87.4 Å². The molecule has 0 saturated carbocycles. The van der Waals surface area contributed by atoms with Crippen molar-refractivity contribution in [1.82, 2.24) is 24.7 Å². The zero-order valence-electron chi connectivity index (χ0n) is 20.9. The first-order valence-corrected chi connectivity index (χ1v) is 11.2. The van der Waals surface area contributed by atoms with Crippen molar-refractivity contribution >= 4 is 5.95 Å². The minimum absolute atomic E-state index is 0.534. The summed E-state index contributed by atoms with van der Waals surface area (Å²) in [4.78, 5) is 15.9. The van der Waals surface area contributed by atoms with Crippen molar-refractivity contribution in [2.45, 2.75) is 26.8 Å². The van der Waals surface area contributed by atoms with Crippen LogP contribution in [0.1, 0.15) is 28.5 Å². The van der Waals surface area contributed by atoms with Crippen LogP contribution in [0.2, 0.25) is 0 Å². The van der Waals surface area contributed by atoms with Gasteiger partial charge < -0.3 is 19.1 Å². The lowest BCUT2D eigenvalue weighted by atomic mass is 10.1. The van der Waals surface area contributed by atoms with Gasteiger partial charge in [-0.05, 0) is 49.2 Å². The highest BCUT2D eigenvalue weighted by Gasteiger charge is 2.18. The number of methoxy groups -OCH3 is 3. The fraction of sp³-hybridized carbons (Fsp3) is 0.308. The number of benzene rings is 2. The predicted octanol–water partition coefficient (Wildman–Crippen LogP) is 3.93. The Labute approximate surface area is 205 Å². The highest BCUT2D eigenvalue weighted by atomic mass is 16.5. The second-order valence-electron chi connectivity index (χ2n) is 8.22. The van der Waals surface area contributed by atoms with Crippen LogP contribution in [0.15, 0.2) is 48.5 Å². The Balaban J connectivity index is 1.69. The highest BCUT2D eigenvalue weighted by molar-refractivity contribution is 5.44. The molecule has 2 heterocycles. The molecular weight excluding hydrogens is 444 g/mol. The Morgan fingerprint density at radius 1 is 0.800 bits per heavy atom. The molecule has 0 aliphatic carbocycles. The highest BCUT2D eigenvalue weighted by Crippen LogP contribution is 2.29. The van der Waals surface area contributed by atoms with E-state index in [1.165, 1.54) is 0 Å². The fourth-order valence-corrected chi connectivity index (χ4v) is 3.85. The van der Waals surface area contributed by atoms with Crippen molar-refractivity contribution in [3.63, 3.8) is 0 Å². The minimum atomic E-state index is 0.534. The van der Waals surface area contributed by atoms with Crippen molar-refractivity contribution in [3.8, 4) is 23.1 Å². The molecule has 0 saturated heterocycles. The van der Waals surface area contributed by atoms with E-state index in [1.54, 1.807) is 26.0 Å². The molecule has 4 aromatic rings. The van der Waals surface area contributed by atoms with E-state index in [9.17, 15) is 0 Å². The van der Waals surface area contributed by atoms with E-state index in [0.717, 1.165) is 28.4 Å². The monoisotopic (exact) mass is 474 g/mol. The van der Waals surface area contributed by atoms with Gasteiger partial charge in [-0.25, -0.2) is 9.97 Å². The molecule has 0 atom stereocenters. The first kappa shape index (κ1) is 24.0. The standard InChI is InChI=1S/C26H30N6O3/c1-17-13-24(28-18(2)27-17)32-25(15-20-9-12-22(34-5)23(14-20)35-6)29-26(30-32)31(3)16-19-7-10-21(33-4)11-8-19/h7-14H,15-16H2,1-6H3. The molecule has 0 spiro atoms. The summed E-state index contributed by atoms with van der Waals surface area (Å²) in [6, 6.07) is 15.7. The number of anilines is 1. The molecule has 2 aromatic heterocycles. The second kappa shape index (κ2) is 10.4. The third-order valence-corrected chi connectivity index (χ3v) is 5.56. The third kappa shape index (κ3) is 5.51. The normalized spacial score (nSPS) is 10.8. The Kier molecular flexibility index (Phi) is 7.14. The summed E-state index contributed by atoms with van der Waals surface area (Å²) in [6.07, 6.45) is 0.534. The van der Waals surface area contributed by atoms with E-state index in [0.29, 0.717) is 42.1 Å². The van der Waals surface area contributed by atoms with Gasteiger partial charge >= 0.3 is 0 Å². The molecule has 0 amide bonds. The first-order valence-electron chi connectivity index (χ1n) is 11.2. The van der Waals surface area contributed by atoms with Gasteiger partial charge in [-0.15, -0.1) is 5.10 Å². The summed E-state index contributed by atoms with van der Waals surface area (Å²) >= 11 is 0. The van der Waals surface area contributed by atoms with Crippen LogP contribution in [0.25, 0.3) is 5.82 Å². The second-order valence-corrected chi connectivity index (χ2v) is 8.22. The quantitative estimate of drug-likeness (QED) is 0.361. The molecule has 9 heteroatoms. The van der Waals surface area contributed by atoms with Gasteiger partial charge in [0.15, 0.2) is 17.3 Å². The zero-order valence-corrected chi connectivity index (χ0v) is 20.9. The van der Waals surface area contributed by atoms with Gasteiger partial charge in [0.2, 0.25) is 5.95 Å². The largest absolute Gasteiger partial charge is 0.497 e. The van der Waals surface area contributed by atoms with Crippen LogP contribution in [-0.2, 0) is 13.0 Å². The van der Waals surface area contributed by atoms with Crippen molar-refractivity contribution in [3.05, 3.63) is 77.0 Å². The summed E-state index contributed by atoms with van der Waals surface area (Å²) in [5, 5.41) is 4.83.